The van der Waals surface area contributed by atoms with Crippen LogP contribution in [0.5, 0.6) is 0 Å². The van der Waals surface area contributed by atoms with Gasteiger partial charge in [0.15, 0.2) is 0 Å². The predicted octanol–water partition coefficient (Wildman–Crippen LogP) is 4.31. The second kappa shape index (κ2) is 7.20. The van der Waals surface area contributed by atoms with Crippen molar-refractivity contribution in [1.29, 1.82) is 0 Å². The van der Waals surface area contributed by atoms with Crippen LogP contribution in [0.2, 0.25) is 0 Å². The maximum Gasteiger partial charge on any atom is 0.407 e. The summed E-state index contributed by atoms with van der Waals surface area (Å²) in [6.45, 7) is 6.98. The van der Waals surface area contributed by atoms with Crippen molar-refractivity contribution in [2.45, 2.75) is 39.2 Å². The number of alkyl carbamates (subject to hydrolysis) is 1. The van der Waals surface area contributed by atoms with E-state index >= 15 is 0 Å². The van der Waals surface area contributed by atoms with E-state index in [1.807, 2.05) is 0 Å². The minimum absolute atomic E-state index is 0.00307. The first-order valence-corrected chi connectivity index (χ1v) is 6.74. The Bertz CT molecular complexity index is 521. The maximum atomic E-state index is 13.2. The quantitative estimate of drug-likeness (QED) is 0.899. The highest BCUT2D eigenvalue weighted by atomic mass is 19.1. The molecule has 5 heteroatoms. The Morgan fingerprint density at radius 1 is 1.43 bits per heavy atom. The fourth-order valence-electron chi connectivity index (χ4n) is 1.76. The summed E-state index contributed by atoms with van der Waals surface area (Å²) in [4.78, 5) is 11.5. The fraction of sp³-hybridized carbons (Fsp3) is 0.438. The Morgan fingerprint density at radius 2 is 2.10 bits per heavy atom. The average molecular weight is 297 g/mol. The first-order valence-electron chi connectivity index (χ1n) is 6.74. The smallest absolute Gasteiger partial charge is 0.407 e. The van der Waals surface area contributed by atoms with Crippen molar-refractivity contribution in [2.75, 3.05) is 6.54 Å². The van der Waals surface area contributed by atoms with Crippen molar-refractivity contribution in [2.24, 2.45) is 0 Å². The third kappa shape index (κ3) is 5.94. The Hall–Kier alpha value is -1.91. The van der Waals surface area contributed by atoms with Gasteiger partial charge in [0.05, 0.1) is 6.33 Å². The van der Waals surface area contributed by atoms with E-state index in [0.717, 1.165) is 0 Å². The largest absolute Gasteiger partial charge is 0.444 e. The van der Waals surface area contributed by atoms with Crippen LogP contribution in [0.3, 0.4) is 0 Å². The van der Waals surface area contributed by atoms with Gasteiger partial charge in [-0.2, -0.15) is 0 Å². The number of nitrogens with one attached hydrogen (secondary N) is 1. The van der Waals surface area contributed by atoms with Crippen molar-refractivity contribution >= 4 is 6.09 Å². The number of hydrogen-bond acceptors (Lipinski definition) is 2. The van der Waals surface area contributed by atoms with Crippen LogP contribution in [0.25, 0.3) is 0 Å². The molecule has 0 saturated carbocycles. The van der Waals surface area contributed by atoms with Crippen LogP contribution in [0.4, 0.5) is 13.6 Å². The third-order valence-electron chi connectivity index (χ3n) is 2.88. The van der Waals surface area contributed by atoms with Crippen LogP contribution in [0.15, 0.2) is 36.2 Å². The molecule has 1 atom stereocenters. The molecule has 21 heavy (non-hydrogen) atoms. The van der Waals surface area contributed by atoms with Crippen LogP contribution in [-0.2, 0) is 4.74 Å². The molecule has 0 aliphatic rings. The summed E-state index contributed by atoms with van der Waals surface area (Å²) in [6.07, 6.45) is -0.180. The zero-order chi connectivity index (χ0) is 16.0. The Labute approximate surface area is 124 Å². The van der Waals surface area contributed by atoms with E-state index in [2.05, 4.69) is 5.32 Å². The fourth-order valence-corrected chi connectivity index (χ4v) is 1.76. The molecule has 0 spiro atoms. The molecule has 116 valence electrons. The lowest BCUT2D eigenvalue weighted by Crippen LogP contribution is -2.34. The number of carbonyl (C=O) groups is 1. The number of amides is 1. The highest BCUT2D eigenvalue weighted by Gasteiger charge is 2.18. The number of halogens is 2. The predicted molar refractivity (Wildman–Crippen MR) is 78.2 cm³/mol. The van der Waals surface area contributed by atoms with Gasteiger partial charge in [0.25, 0.3) is 0 Å². The average Bonchev–Trinajstić information content (AvgIpc) is 2.37. The van der Waals surface area contributed by atoms with Gasteiger partial charge in [0, 0.05) is 12.5 Å². The zero-order valence-electron chi connectivity index (χ0n) is 12.7. The second-order valence-corrected chi connectivity index (χ2v) is 5.82. The Balaban J connectivity index is 2.66. The first-order chi connectivity index (χ1) is 9.73. The van der Waals surface area contributed by atoms with Gasteiger partial charge in [-0.1, -0.05) is 19.1 Å². The molecule has 1 aromatic rings. The van der Waals surface area contributed by atoms with Gasteiger partial charge in [0.1, 0.15) is 11.4 Å². The van der Waals surface area contributed by atoms with Crippen molar-refractivity contribution < 1.29 is 18.3 Å². The number of rotatable bonds is 4. The van der Waals surface area contributed by atoms with E-state index in [4.69, 9.17) is 4.74 Å². The van der Waals surface area contributed by atoms with Gasteiger partial charge in [-0.15, -0.1) is 0 Å². The molecule has 0 aliphatic heterocycles. The summed E-state index contributed by atoms with van der Waals surface area (Å²) < 4.78 is 31.3. The van der Waals surface area contributed by atoms with Crippen LogP contribution in [0.1, 0.15) is 39.2 Å². The minimum atomic E-state index is -0.617. The van der Waals surface area contributed by atoms with Gasteiger partial charge < -0.3 is 10.1 Å². The van der Waals surface area contributed by atoms with E-state index in [-0.39, 0.29) is 18.3 Å². The number of ether oxygens (including phenoxy) is 1. The SMILES string of the molecule is CC(/C(=C/F)CNC(=O)OC(C)(C)C)c1cccc(F)c1. The third-order valence-corrected chi connectivity index (χ3v) is 2.88. The van der Waals surface area contributed by atoms with Gasteiger partial charge in [-0.3, -0.25) is 0 Å². The highest BCUT2D eigenvalue weighted by Crippen LogP contribution is 2.24. The summed E-state index contributed by atoms with van der Waals surface area (Å²) in [6, 6.07) is 5.96. The summed E-state index contributed by atoms with van der Waals surface area (Å²) in [5.41, 5.74) is 0.369. The zero-order valence-corrected chi connectivity index (χ0v) is 12.7. The van der Waals surface area contributed by atoms with E-state index < -0.39 is 11.7 Å². The van der Waals surface area contributed by atoms with Crippen molar-refractivity contribution in [3.8, 4) is 0 Å². The van der Waals surface area contributed by atoms with E-state index in [1.54, 1.807) is 39.8 Å². The lowest BCUT2D eigenvalue weighted by Gasteiger charge is -2.21. The molecule has 1 unspecified atom stereocenters. The molecule has 0 radical (unpaired) electrons. The molecule has 1 aromatic carbocycles. The van der Waals surface area contributed by atoms with E-state index in [1.165, 1.54) is 12.1 Å². The molecule has 0 heterocycles. The van der Waals surface area contributed by atoms with E-state index in [0.29, 0.717) is 17.5 Å². The lowest BCUT2D eigenvalue weighted by molar-refractivity contribution is 0.0532. The molecule has 1 amide bonds. The minimum Gasteiger partial charge on any atom is -0.444 e. The Kier molecular flexibility index (Phi) is 5.88. The van der Waals surface area contributed by atoms with Crippen molar-refractivity contribution in [1.82, 2.24) is 5.32 Å². The summed E-state index contributed by atoms with van der Waals surface area (Å²) in [5.74, 6) is -0.724. The molecule has 3 nitrogen and oxygen atoms in total. The molecule has 0 aromatic heterocycles. The Morgan fingerprint density at radius 3 is 2.62 bits per heavy atom. The van der Waals surface area contributed by atoms with Gasteiger partial charge in [-0.05, 0) is 44.0 Å². The molecule has 0 bridgehead atoms. The number of benzene rings is 1. The number of carbonyl (C=O) groups excluding carboxylic acids is 1. The molecule has 0 aliphatic carbocycles. The van der Waals surface area contributed by atoms with Crippen molar-refractivity contribution in [3.63, 3.8) is 0 Å². The summed E-state index contributed by atoms with van der Waals surface area (Å²) >= 11 is 0. The molecule has 1 N–H and O–H groups in total. The monoisotopic (exact) mass is 297 g/mol. The first kappa shape index (κ1) is 17.1. The normalized spacial score (nSPS) is 13.7. The molecular formula is C16H21F2NO2. The van der Waals surface area contributed by atoms with E-state index in [9.17, 15) is 13.6 Å². The summed E-state index contributed by atoms with van der Waals surface area (Å²) in [5, 5.41) is 2.49. The standard InChI is InChI=1S/C16H21F2NO2/c1-11(12-6-5-7-14(18)8-12)13(9-17)10-19-15(20)21-16(2,3)4/h5-9,11H,10H2,1-4H3,(H,19,20)/b13-9+. The molecule has 0 saturated heterocycles. The lowest BCUT2D eigenvalue weighted by atomic mass is 9.93. The van der Waals surface area contributed by atoms with Crippen LogP contribution in [0, 0.1) is 5.82 Å². The van der Waals surface area contributed by atoms with Crippen LogP contribution >= 0.6 is 0 Å². The highest BCUT2D eigenvalue weighted by molar-refractivity contribution is 5.68. The van der Waals surface area contributed by atoms with Crippen LogP contribution in [-0.4, -0.2) is 18.2 Å². The van der Waals surface area contributed by atoms with Crippen molar-refractivity contribution in [3.05, 3.63) is 47.5 Å². The summed E-state index contributed by atoms with van der Waals surface area (Å²) in [7, 11) is 0. The van der Waals surface area contributed by atoms with Gasteiger partial charge in [-0.25, -0.2) is 13.6 Å². The van der Waals surface area contributed by atoms with Gasteiger partial charge in [0.2, 0.25) is 0 Å². The maximum absolute atomic E-state index is 13.2. The molecule has 1 rings (SSSR count). The van der Waals surface area contributed by atoms with Gasteiger partial charge >= 0.3 is 6.09 Å². The molecular weight excluding hydrogens is 276 g/mol. The topological polar surface area (TPSA) is 38.3 Å². The van der Waals surface area contributed by atoms with Crippen LogP contribution < -0.4 is 5.32 Å². The second-order valence-electron chi connectivity index (χ2n) is 5.82. The number of hydrogen-bond donors (Lipinski definition) is 1. The molecule has 0 fully saturated rings.